The number of hydrogen-bond donors (Lipinski definition) is 0. The summed E-state index contributed by atoms with van der Waals surface area (Å²) in [6.07, 6.45) is 0. The summed E-state index contributed by atoms with van der Waals surface area (Å²) in [6.45, 7) is 6.99. The van der Waals surface area contributed by atoms with Crippen molar-refractivity contribution in [1.29, 1.82) is 0 Å². The average molecular weight is 476 g/mol. The molecule has 2 heterocycles. The van der Waals surface area contributed by atoms with Crippen LogP contribution in [0.4, 0.5) is 34.1 Å². The lowest BCUT2D eigenvalue weighted by Gasteiger charge is -2.44. The van der Waals surface area contributed by atoms with Crippen molar-refractivity contribution in [2.75, 3.05) is 9.80 Å². The summed E-state index contributed by atoms with van der Waals surface area (Å²) in [5.41, 5.74) is 12.9. The quantitative estimate of drug-likeness (QED) is 0.246. The minimum atomic E-state index is 0.120. The van der Waals surface area contributed by atoms with Gasteiger partial charge in [0.25, 0.3) is 6.71 Å². The molecule has 0 radical (unpaired) electrons. The molecular weight excluding hydrogens is 447 g/mol. The highest BCUT2D eigenvalue weighted by Gasteiger charge is 2.42. The number of hydrogen-bond acceptors (Lipinski definition) is 2. The van der Waals surface area contributed by atoms with E-state index in [1.54, 1.807) is 0 Å². The maximum atomic E-state index is 2.45. The molecule has 0 amide bonds. The minimum absolute atomic E-state index is 0.120. The predicted molar refractivity (Wildman–Crippen MR) is 159 cm³/mol. The van der Waals surface area contributed by atoms with Crippen LogP contribution in [0.15, 0.2) is 121 Å². The largest absolute Gasteiger partial charge is 0.311 e. The second kappa shape index (κ2) is 8.14. The van der Waals surface area contributed by atoms with Crippen molar-refractivity contribution in [3.05, 3.63) is 127 Å². The SMILES string of the molecule is CC(C)(C)c1ccc(N2c3ccccc3B3c4ccccc4N(c4ccccc4)c4cccc2c43)cc1. The molecule has 0 N–H and O–H groups in total. The van der Waals surface area contributed by atoms with E-state index in [0.29, 0.717) is 0 Å². The van der Waals surface area contributed by atoms with Gasteiger partial charge in [0.15, 0.2) is 0 Å². The van der Waals surface area contributed by atoms with Crippen LogP contribution >= 0.6 is 0 Å². The molecule has 7 rings (SSSR count). The van der Waals surface area contributed by atoms with Crippen molar-refractivity contribution < 1.29 is 0 Å². The Morgan fingerprint density at radius 2 is 0.919 bits per heavy atom. The molecule has 0 atom stereocenters. The van der Waals surface area contributed by atoms with Gasteiger partial charge in [0, 0.05) is 34.1 Å². The van der Waals surface area contributed by atoms with Crippen LogP contribution in [0.2, 0.25) is 0 Å². The van der Waals surface area contributed by atoms with Crippen LogP contribution in [-0.2, 0) is 5.41 Å². The Bertz CT molecular complexity index is 1620. The zero-order valence-electron chi connectivity index (χ0n) is 21.5. The van der Waals surface area contributed by atoms with Gasteiger partial charge in [-0.1, -0.05) is 93.6 Å². The lowest BCUT2D eigenvalue weighted by Crippen LogP contribution is -2.61. The Labute approximate surface area is 219 Å². The number of rotatable bonds is 2. The van der Waals surface area contributed by atoms with Gasteiger partial charge in [-0.3, -0.25) is 0 Å². The van der Waals surface area contributed by atoms with Crippen LogP contribution < -0.4 is 26.2 Å². The van der Waals surface area contributed by atoms with E-state index < -0.39 is 0 Å². The van der Waals surface area contributed by atoms with Gasteiger partial charge >= 0.3 is 0 Å². The zero-order valence-corrected chi connectivity index (χ0v) is 21.5. The summed E-state index contributed by atoms with van der Waals surface area (Å²) >= 11 is 0. The van der Waals surface area contributed by atoms with E-state index in [2.05, 4.69) is 152 Å². The van der Waals surface area contributed by atoms with Crippen LogP contribution in [0, 0.1) is 0 Å². The molecule has 2 aliphatic heterocycles. The molecule has 0 saturated heterocycles. The Balaban J connectivity index is 1.51. The normalized spacial score (nSPS) is 13.6. The Morgan fingerprint density at radius 3 is 1.46 bits per heavy atom. The minimum Gasteiger partial charge on any atom is -0.311 e. The van der Waals surface area contributed by atoms with Crippen LogP contribution in [0.5, 0.6) is 0 Å². The lowest BCUT2D eigenvalue weighted by atomic mass is 9.33. The highest BCUT2D eigenvalue weighted by molar-refractivity contribution is 7.00. The molecule has 0 bridgehead atoms. The molecule has 178 valence electrons. The molecule has 3 heteroatoms. The third-order valence-corrected chi connectivity index (χ3v) is 7.81. The van der Waals surface area contributed by atoms with Crippen molar-refractivity contribution in [2.45, 2.75) is 26.2 Å². The third kappa shape index (κ3) is 3.34. The maximum Gasteiger partial charge on any atom is 0.252 e. The molecule has 5 aromatic rings. The molecule has 0 fully saturated rings. The first kappa shape index (κ1) is 22.0. The van der Waals surface area contributed by atoms with Crippen molar-refractivity contribution >= 4 is 57.2 Å². The van der Waals surface area contributed by atoms with Gasteiger partial charge in [0.05, 0.1) is 0 Å². The first-order chi connectivity index (χ1) is 18.0. The summed E-state index contributed by atoms with van der Waals surface area (Å²) in [5.74, 6) is 0. The van der Waals surface area contributed by atoms with Crippen LogP contribution in [0.3, 0.4) is 0 Å². The van der Waals surface area contributed by atoms with E-state index in [9.17, 15) is 0 Å². The van der Waals surface area contributed by atoms with E-state index in [1.165, 1.54) is 56.1 Å². The third-order valence-electron chi connectivity index (χ3n) is 7.81. The fraction of sp³-hybridized carbons (Fsp3) is 0.118. The predicted octanol–water partition coefficient (Wildman–Crippen LogP) is 7.07. The number of anilines is 6. The summed E-state index contributed by atoms with van der Waals surface area (Å²) in [4.78, 5) is 4.88. The topological polar surface area (TPSA) is 6.48 Å². The fourth-order valence-corrected chi connectivity index (χ4v) is 6.08. The molecule has 0 spiro atoms. The maximum absolute atomic E-state index is 2.45. The highest BCUT2D eigenvalue weighted by atomic mass is 15.2. The summed E-state index contributed by atoms with van der Waals surface area (Å²) in [7, 11) is 0. The van der Waals surface area contributed by atoms with Gasteiger partial charge in [-0.25, -0.2) is 0 Å². The zero-order chi connectivity index (χ0) is 25.1. The van der Waals surface area contributed by atoms with Crippen molar-refractivity contribution in [1.82, 2.24) is 0 Å². The first-order valence-electron chi connectivity index (χ1n) is 13.1. The van der Waals surface area contributed by atoms with Gasteiger partial charge in [-0.05, 0) is 75.9 Å². The number of nitrogens with zero attached hydrogens (tertiary/aromatic N) is 2. The molecule has 2 nitrogen and oxygen atoms in total. The molecule has 0 unspecified atom stereocenters. The number of benzene rings is 5. The summed E-state index contributed by atoms with van der Waals surface area (Å²) in [6, 6.07) is 44.5. The Hall–Kier alpha value is -4.24. The van der Waals surface area contributed by atoms with Gasteiger partial charge in [0.2, 0.25) is 0 Å². The van der Waals surface area contributed by atoms with E-state index in [-0.39, 0.29) is 12.1 Å². The van der Waals surface area contributed by atoms with Crippen molar-refractivity contribution in [3.8, 4) is 0 Å². The number of para-hydroxylation sites is 3. The smallest absolute Gasteiger partial charge is 0.252 e. The Morgan fingerprint density at radius 1 is 0.459 bits per heavy atom. The van der Waals surface area contributed by atoms with E-state index in [1.807, 2.05) is 0 Å². The molecule has 5 aromatic carbocycles. The van der Waals surface area contributed by atoms with E-state index in [4.69, 9.17) is 0 Å². The van der Waals surface area contributed by atoms with Crippen molar-refractivity contribution in [2.24, 2.45) is 0 Å². The van der Waals surface area contributed by atoms with Gasteiger partial charge in [-0.2, -0.15) is 0 Å². The lowest BCUT2D eigenvalue weighted by molar-refractivity contribution is 0.590. The molecule has 0 aromatic heterocycles. The first-order valence-corrected chi connectivity index (χ1v) is 13.1. The second-order valence-corrected chi connectivity index (χ2v) is 11.1. The van der Waals surface area contributed by atoms with Crippen LogP contribution in [0.1, 0.15) is 26.3 Å². The number of fused-ring (bicyclic) bond motifs is 4. The van der Waals surface area contributed by atoms with Crippen LogP contribution in [0.25, 0.3) is 0 Å². The molecule has 0 saturated carbocycles. The fourth-order valence-electron chi connectivity index (χ4n) is 6.08. The van der Waals surface area contributed by atoms with Gasteiger partial charge in [0.1, 0.15) is 0 Å². The van der Waals surface area contributed by atoms with Gasteiger partial charge < -0.3 is 9.80 Å². The second-order valence-electron chi connectivity index (χ2n) is 11.1. The Kier molecular flexibility index (Phi) is 4.84. The summed E-state index contributed by atoms with van der Waals surface area (Å²) in [5, 5.41) is 0. The standard InChI is InChI=1S/C34H29BN2/c1-34(2,3)24-20-22-26(23-21-24)37-30-17-10-8-15-28(30)35-27-14-7-9-16-29(27)36(25-12-5-4-6-13-25)31-18-11-19-32(37)33(31)35/h4-23H,1-3H3. The monoisotopic (exact) mass is 476 g/mol. The summed E-state index contributed by atoms with van der Waals surface area (Å²) < 4.78 is 0. The van der Waals surface area contributed by atoms with E-state index in [0.717, 1.165) is 0 Å². The van der Waals surface area contributed by atoms with Gasteiger partial charge in [-0.15, -0.1) is 0 Å². The molecule has 0 aliphatic carbocycles. The molecular formula is C34H29BN2. The van der Waals surface area contributed by atoms with E-state index >= 15 is 0 Å². The van der Waals surface area contributed by atoms with Crippen molar-refractivity contribution in [3.63, 3.8) is 0 Å². The molecule has 37 heavy (non-hydrogen) atoms. The van der Waals surface area contributed by atoms with Crippen LogP contribution in [-0.4, -0.2) is 6.71 Å². The molecule has 2 aliphatic rings. The highest BCUT2D eigenvalue weighted by Crippen LogP contribution is 2.43. The average Bonchev–Trinajstić information content (AvgIpc) is 2.93.